The molecule has 0 saturated carbocycles. The molecule has 3 nitrogen and oxygen atoms in total. The van der Waals surface area contributed by atoms with Crippen molar-refractivity contribution < 1.29 is 4.39 Å². The number of halogens is 2. The number of rotatable bonds is 1. The number of hydrogen-bond donors (Lipinski definition) is 1. The molecule has 94 valence electrons. The molecule has 1 aromatic carbocycles. The van der Waals surface area contributed by atoms with Crippen LogP contribution in [-0.4, -0.2) is 9.78 Å². The molecule has 1 atom stereocenters. The predicted octanol–water partition coefficient (Wildman–Crippen LogP) is 3.00. The normalized spacial score (nSPS) is 18.7. The third kappa shape index (κ3) is 1.82. The average Bonchev–Trinajstić information content (AvgIpc) is 2.78. The van der Waals surface area contributed by atoms with Crippen LogP contribution in [0.15, 0.2) is 24.4 Å². The van der Waals surface area contributed by atoms with Gasteiger partial charge in [-0.15, -0.1) is 0 Å². The Morgan fingerprint density at radius 3 is 3.06 bits per heavy atom. The van der Waals surface area contributed by atoms with Gasteiger partial charge in [-0.1, -0.05) is 11.6 Å². The van der Waals surface area contributed by atoms with Gasteiger partial charge in [0.15, 0.2) is 0 Å². The lowest BCUT2D eigenvalue weighted by molar-refractivity contribution is 0.557. The first-order valence-corrected chi connectivity index (χ1v) is 6.32. The second kappa shape index (κ2) is 4.37. The number of fused-ring (bicyclic) bond motifs is 1. The highest BCUT2D eigenvalue weighted by atomic mass is 35.5. The van der Waals surface area contributed by atoms with Crippen LogP contribution in [0.1, 0.15) is 30.1 Å². The molecule has 0 spiro atoms. The molecule has 0 saturated heterocycles. The zero-order valence-corrected chi connectivity index (χ0v) is 10.5. The van der Waals surface area contributed by atoms with Gasteiger partial charge in [-0.3, -0.25) is 0 Å². The molecule has 1 heterocycles. The molecule has 1 aromatic heterocycles. The van der Waals surface area contributed by atoms with Gasteiger partial charge in [0.1, 0.15) is 5.82 Å². The van der Waals surface area contributed by atoms with Crippen molar-refractivity contribution in [2.75, 3.05) is 0 Å². The van der Waals surface area contributed by atoms with Crippen LogP contribution in [0.4, 0.5) is 4.39 Å². The minimum Gasteiger partial charge on any atom is -0.324 e. The van der Waals surface area contributed by atoms with Crippen molar-refractivity contribution >= 4 is 11.6 Å². The largest absolute Gasteiger partial charge is 0.324 e. The van der Waals surface area contributed by atoms with Gasteiger partial charge in [0, 0.05) is 17.3 Å². The van der Waals surface area contributed by atoms with E-state index in [0.29, 0.717) is 0 Å². The lowest BCUT2D eigenvalue weighted by Crippen LogP contribution is -2.18. The molecule has 18 heavy (non-hydrogen) atoms. The Morgan fingerprint density at radius 1 is 1.44 bits per heavy atom. The summed E-state index contributed by atoms with van der Waals surface area (Å²) in [7, 11) is 0. The molecule has 3 rings (SSSR count). The van der Waals surface area contributed by atoms with Crippen molar-refractivity contribution in [3.05, 3.63) is 46.5 Å². The summed E-state index contributed by atoms with van der Waals surface area (Å²) in [5.74, 6) is -0.418. The van der Waals surface area contributed by atoms with Crippen LogP contribution in [0.3, 0.4) is 0 Å². The molecule has 0 aliphatic heterocycles. The summed E-state index contributed by atoms with van der Waals surface area (Å²) in [6, 6.07) is 4.67. The number of aromatic nitrogens is 2. The molecule has 2 N–H and O–H groups in total. The van der Waals surface area contributed by atoms with Crippen LogP contribution < -0.4 is 5.73 Å². The van der Waals surface area contributed by atoms with Crippen LogP contribution in [0.2, 0.25) is 5.02 Å². The van der Waals surface area contributed by atoms with E-state index < -0.39 is 5.82 Å². The summed E-state index contributed by atoms with van der Waals surface area (Å²) in [5.41, 5.74) is 9.02. The fourth-order valence-electron chi connectivity index (χ4n) is 2.43. The zero-order valence-electron chi connectivity index (χ0n) is 9.74. The van der Waals surface area contributed by atoms with Crippen molar-refractivity contribution in [1.29, 1.82) is 0 Å². The van der Waals surface area contributed by atoms with E-state index in [9.17, 15) is 4.39 Å². The standard InChI is InChI=1S/C13H13ClFN3/c14-10-6-8(4-5-11(10)15)18-13-3-1-2-12(16)9(13)7-17-18/h4-7,12H,1-3,16H2. The minimum atomic E-state index is -0.418. The summed E-state index contributed by atoms with van der Waals surface area (Å²) in [6.45, 7) is 0. The maximum absolute atomic E-state index is 13.2. The quantitative estimate of drug-likeness (QED) is 0.861. The molecule has 0 radical (unpaired) electrons. The van der Waals surface area contributed by atoms with Gasteiger partial charge in [-0.2, -0.15) is 5.10 Å². The van der Waals surface area contributed by atoms with Crippen LogP contribution in [0.5, 0.6) is 0 Å². The molecular weight excluding hydrogens is 253 g/mol. The molecule has 1 aliphatic carbocycles. The monoisotopic (exact) mass is 265 g/mol. The first kappa shape index (κ1) is 11.7. The average molecular weight is 266 g/mol. The highest BCUT2D eigenvalue weighted by molar-refractivity contribution is 6.30. The maximum Gasteiger partial charge on any atom is 0.141 e. The highest BCUT2D eigenvalue weighted by Crippen LogP contribution is 2.30. The highest BCUT2D eigenvalue weighted by Gasteiger charge is 2.22. The van der Waals surface area contributed by atoms with Crippen LogP contribution in [0, 0.1) is 5.82 Å². The van der Waals surface area contributed by atoms with E-state index in [-0.39, 0.29) is 11.1 Å². The number of benzene rings is 1. The van der Waals surface area contributed by atoms with Gasteiger partial charge in [0.25, 0.3) is 0 Å². The second-order valence-corrected chi connectivity index (χ2v) is 4.96. The summed E-state index contributed by atoms with van der Waals surface area (Å²) in [4.78, 5) is 0. The van der Waals surface area contributed by atoms with E-state index in [0.717, 1.165) is 36.2 Å². The van der Waals surface area contributed by atoms with Crippen molar-refractivity contribution in [2.45, 2.75) is 25.3 Å². The Morgan fingerprint density at radius 2 is 2.28 bits per heavy atom. The van der Waals surface area contributed by atoms with Gasteiger partial charge in [-0.05, 0) is 37.5 Å². The molecule has 0 bridgehead atoms. The summed E-state index contributed by atoms with van der Waals surface area (Å²) in [6.07, 6.45) is 4.78. The SMILES string of the molecule is NC1CCCc2c1cnn2-c1ccc(F)c(Cl)c1. The van der Waals surface area contributed by atoms with Gasteiger partial charge in [0.05, 0.1) is 16.9 Å². The number of nitrogens with zero attached hydrogens (tertiary/aromatic N) is 2. The molecule has 0 amide bonds. The second-order valence-electron chi connectivity index (χ2n) is 4.56. The third-order valence-electron chi connectivity index (χ3n) is 3.38. The van der Waals surface area contributed by atoms with Crippen LogP contribution in [-0.2, 0) is 6.42 Å². The first-order valence-electron chi connectivity index (χ1n) is 5.94. The van der Waals surface area contributed by atoms with E-state index in [1.165, 1.54) is 6.07 Å². The van der Waals surface area contributed by atoms with Crippen molar-refractivity contribution in [1.82, 2.24) is 9.78 Å². The summed E-state index contributed by atoms with van der Waals surface area (Å²) < 4.78 is 15.0. The Hall–Kier alpha value is -1.39. The lowest BCUT2D eigenvalue weighted by atomic mass is 9.94. The summed E-state index contributed by atoms with van der Waals surface area (Å²) >= 11 is 5.80. The molecule has 1 unspecified atom stereocenters. The van der Waals surface area contributed by atoms with Gasteiger partial charge >= 0.3 is 0 Å². The number of nitrogens with two attached hydrogens (primary N) is 1. The first-order chi connectivity index (χ1) is 8.66. The van der Waals surface area contributed by atoms with E-state index in [1.54, 1.807) is 23.0 Å². The maximum atomic E-state index is 13.2. The Balaban J connectivity index is 2.09. The fourth-order valence-corrected chi connectivity index (χ4v) is 2.61. The van der Waals surface area contributed by atoms with E-state index in [2.05, 4.69) is 5.10 Å². The van der Waals surface area contributed by atoms with Crippen molar-refractivity contribution in [3.63, 3.8) is 0 Å². The van der Waals surface area contributed by atoms with Crippen molar-refractivity contribution in [2.24, 2.45) is 5.73 Å². The van der Waals surface area contributed by atoms with Crippen molar-refractivity contribution in [3.8, 4) is 5.69 Å². The Bertz CT molecular complexity index is 594. The Kier molecular flexibility index (Phi) is 2.84. The Labute approximate surface area is 109 Å². The van der Waals surface area contributed by atoms with E-state index in [1.807, 2.05) is 0 Å². The van der Waals surface area contributed by atoms with Gasteiger partial charge < -0.3 is 5.73 Å². The lowest BCUT2D eigenvalue weighted by Gasteiger charge is -2.19. The van der Waals surface area contributed by atoms with Gasteiger partial charge in [0.2, 0.25) is 0 Å². The van der Waals surface area contributed by atoms with E-state index in [4.69, 9.17) is 17.3 Å². The molecular formula is C13H13ClFN3. The number of hydrogen-bond acceptors (Lipinski definition) is 2. The summed E-state index contributed by atoms with van der Waals surface area (Å²) in [5, 5.41) is 4.45. The minimum absolute atomic E-state index is 0.0541. The zero-order chi connectivity index (χ0) is 12.7. The molecule has 0 fully saturated rings. The molecule has 1 aliphatic rings. The van der Waals surface area contributed by atoms with Gasteiger partial charge in [-0.25, -0.2) is 9.07 Å². The third-order valence-corrected chi connectivity index (χ3v) is 3.67. The fraction of sp³-hybridized carbons (Fsp3) is 0.308. The smallest absolute Gasteiger partial charge is 0.141 e. The topological polar surface area (TPSA) is 43.8 Å². The molecule has 5 heteroatoms. The van der Waals surface area contributed by atoms with Crippen LogP contribution in [0.25, 0.3) is 5.69 Å². The van der Waals surface area contributed by atoms with E-state index >= 15 is 0 Å². The molecule has 2 aromatic rings. The predicted molar refractivity (Wildman–Crippen MR) is 68.4 cm³/mol. The van der Waals surface area contributed by atoms with Crippen LogP contribution >= 0.6 is 11.6 Å².